The molecule has 2 aromatic rings. The Bertz CT molecular complexity index is 806. The smallest absolute Gasteiger partial charge is 0.306 e. The van der Waals surface area contributed by atoms with Crippen LogP contribution in [0.3, 0.4) is 0 Å². The Morgan fingerprint density at radius 2 is 1.91 bits per heavy atom. The van der Waals surface area contributed by atoms with Crippen molar-refractivity contribution >= 4 is 22.8 Å². The molecule has 1 N–H and O–H groups in total. The number of nitrogens with zero attached hydrogens (tertiary/aromatic N) is 3. The van der Waals surface area contributed by atoms with E-state index in [0.717, 1.165) is 0 Å². The first-order chi connectivity index (χ1) is 11.1. The Hall–Kier alpha value is -2.70. The van der Waals surface area contributed by atoms with Gasteiger partial charge in [-0.1, -0.05) is 12.1 Å². The average Bonchev–Trinajstić information content (AvgIpc) is 2.57. The van der Waals surface area contributed by atoms with Crippen LogP contribution in [0.15, 0.2) is 35.4 Å². The van der Waals surface area contributed by atoms with Gasteiger partial charge in [0.2, 0.25) is 5.91 Å². The fourth-order valence-electron chi connectivity index (χ4n) is 2.84. The highest BCUT2D eigenvalue weighted by molar-refractivity contribution is 5.79. The van der Waals surface area contributed by atoms with Crippen molar-refractivity contribution in [2.75, 3.05) is 13.1 Å². The minimum absolute atomic E-state index is 0.0750. The summed E-state index contributed by atoms with van der Waals surface area (Å²) in [6.45, 7) is 0.742. The lowest BCUT2D eigenvalue weighted by molar-refractivity contribution is -0.145. The lowest BCUT2D eigenvalue weighted by Gasteiger charge is -2.30. The molecular formula is C16H17N3O4. The van der Waals surface area contributed by atoms with E-state index in [-0.39, 0.29) is 23.9 Å². The highest BCUT2D eigenvalue weighted by Gasteiger charge is 2.27. The molecule has 3 rings (SSSR count). The molecule has 120 valence electrons. The van der Waals surface area contributed by atoms with Gasteiger partial charge in [-0.05, 0) is 25.0 Å². The third-order valence-electron chi connectivity index (χ3n) is 4.23. The Morgan fingerprint density at radius 1 is 1.22 bits per heavy atom. The van der Waals surface area contributed by atoms with Crippen molar-refractivity contribution in [3.63, 3.8) is 0 Å². The number of carbonyl (C=O) groups excluding carboxylic acids is 1. The average molecular weight is 315 g/mol. The van der Waals surface area contributed by atoms with Gasteiger partial charge in [0.25, 0.3) is 5.56 Å². The van der Waals surface area contributed by atoms with Crippen LogP contribution in [0.4, 0.5) is 0 Å². The molecule has 1 aliphatic heterocycles. The fourth-order valence-corrected chi connectivity index (χ4v) is 2.84. The maximum atomic E-state index is 12.4. The quantitative estimate of drug-likeness (QED) is 0.901. The number of benzene rings is 1. The largest absolute Gasteiger partial charge is 0.481 e. The number of rotatable bonds is 3. The molecule has 0 bridgehead atoms. The molecule has 0 radical (unpaired) electrons. The molecule has 1 aromatic carbocycles. The van der Waals surface area contributed by atoms with Gasteiger partial charge < -0.3 is 10.0 Å². The number of amides is 1. The number of piperidine rings is 1. The second-order valence-corrected chi connectivity index (χ2v) is 5.69. The standard InChI is InChI=1S/C16H17N3O4/c20-14(18-7-5-11(6-8-18)16(22)23)9-19-10-17-13-4-2-1-3-12(13)15(19)21/h1-4,10-11H,5-9H2,(H,22,23). The molecular weight excluding hydrogens is 298 g/mol. The van der Waals surface area contributed by atoms with Crippen LogP contribution in [-0.4, -0.2) is 44.5 Å². The Morgan fingerprint density at radius 3 is 2.61 bits per heavy atom. The van der Waals surface area contributed by atoms with Crippen molar-refractivity contribution in [2.24, 2.45) is 5.92 Å². The normalized spacial score (nSPS) is 15.7. The number of carboxylic acid groups (broad SMARTS) is 1. The van der Waals surface area contributed by atoms with E-state index in [9.17, 15) is 14.4 Å². The summed E-state index contributed by atoms with van der Waals surface area (Å²) in [7, 11) is 0. The minimum Gasteiger partial charge on any atom is -0.481 e. The van der Waals surface area contributed by atoms with Crippen molar-refractivity contribution in [2.45, 2.75) is 19.4 Å². The van der Waals surface area contributed by atoms with Gasteiger partial charge in [0.1, 0.15) is 6.54 Å². The molecule has 0 saturated carbocycles. The zero-order chi connectivity index (χ0) is 16.4. The molecule has 7 nitrogen and oxygen atoms in total. The van der Waals surface area contributed by atoms with Gasteiger partial charge in [0, 0.05) is 13.1 Å². The van der Waals surface area contributed by atoms with Crippen molar-refractivity contribution in [1.29, 1.82) is 0 Å². The molecule has 1 aromatic heterocycles. The van der Waals surface area contributed by atoms with Crippen molar-refractivity contribution in [3.8, 4) is 0 Å². The summed E-state index contributed by atoms with van der Waals surface area (Å²) in [6.07, 6.45) is 2.28. The summed E-state index contributed by atoms with van der Waals surface area (Å²) in [4.78, 5) is 41.4. The number of carbonyl (C=O) groups is 2. The zero-order valence-corrected chi connectivity index (χ0v) is 12.5. The first-order valence-electron chi connectivity index (χ1n) is 7.51. The van der Waals surface area contributed by atoms with E-state index in [1.54, 1.807) is 29.2 Å². The van der Waals surface area contributed by atoms with Crippen LogP contribution in [0.25, 0.3) is 10.9 Å². The van der Waals surface area contributed by atoms with Gasteiger partial charge in [-0.2, -0.15) is 0 Å². The van der Waals surface area contributed by atoms with Gasteiger partial charge in [-0.25, -0.2) is 4.98 Å². The van der Waals surface area contributed by atoms with Gasteiger partial charge in [0.15, 0.2) is 0 Å². The number of hydrogen-bond donors (Lipinski definition) is 1. The number of hydrogen-bond acceptors (Lipinski definition) is 4. The molecule has 2 heterocycles. The van der Waals surface area contributed by atoms with Crippen LogP contribution < -0.4 is 5.56 Å². The summed E-state index contributed by atoms with van der Waals surface area (Å²) in [5, 5.41) is 9.46. The van der Waals surface area contributed by atoms with Gasteiger partial charge in [-0.3, -0.25) is 19.0 Å². The van der Waals surface area contributed by atoms with Gasteiger partial charge in [0.05, 0.1) is 23.1 Å². The van der Waals surface area contributed by atoms with E-state index >= 15 is 0 Å². The van der Waals surface area contributed by atoms with E-state index in [2.05, 4.69) is 4.98 Å². The third-order valence-corrected chi connectivity index (χ3v) is 4.23. The van der Waals surface area contributed by atoms with E-state index in [1.165, 1.54) is 10.9 Å². The number of likely N-dealkylation sites (tertiary alicyclic amines) is 1. The summed E-state index contributed by atoms with van der Waals surface area (Å²) in [5.41, 5.74) is 0.354. The van der Waals surface area contributed by atoms with Crippen LogP contribution >= 0.6 is 0 Å². The van der Waals surface area contributed by atoms with E-state index in [0.29, 0.717) is 36.8 Å². The topological polar surface area (TPSA) is 92.5 Å². The van der Waals surface area contributed by atoms with Crippen LogP contribution in [0.2, 0.25) is 0 Å². The molecule has 0 spiro atoms. The number of aromatic nitrogens is 2. The summed E-state index contributed by atoms with van der Waals surface area (Å²) < 4.78 is 1.30. The summed E-state index contributed by atoms with van der Waals surface area (Å²) in [6, 6.07) is 6.99. The summed E-state index contributed by atoms with van der Waals surface area (Å²) >= 11 is 0. The second-order valence-electron chi connectivity index (χ2n) is 5.69. The van der Waals surface area contributed by atoms with Crippen molar-refractivity contribution in [1.82, 2.24) is 14.5 Å². The lowest BCUT2D eigenvalue weighted by Crippen LogP contribution is -2.42. The Balaban J connectivity index is 1.73. The molecule has 0 aliphatic carbocycles. The SMILES string of the molecule is O=C(O)C1CCN(C(=O)Cn2cnc3ccccc3c2=O)CC1. The number of para-hydroxylation sites is 1. The van der Waals surface area contributed by atoms with Gasteiger partial charge in [-0.15, -0.1) is 0 Å². The van der Waals surface area contributed by atoms with Crippen molar-refractivity contribution < 1.29 is 14.7 Å². The molecule has 1 amide bonds. The predicted octanol–water partition coefficient (Wildman–Crippen LogP) is 0.720. The highest BCUT2D eigenvalue weighted by atomic mass is 16.4. The van der Waals surface area contributed by atoms with E-state index < -0.39 is 5.97 Å². The van der Waals surface area contributed by atoms with Crippen LogP contribution in [0, 0.1) is 5.92 Å². The van der Waals surface area contributed by atoms with E-state index in [4.69, 9.17) is 5.11 Å². The third kappa shape index (κ3) is 3.08. The van der Waals surface area contributed by atoms with Crippen LogP contribution in [0.1, 0.15) is 12.8 Å². The molecule has 0 unspecified atom stereocenters. The monoisotopic (exact) mass is 315 g/mol. The van der Waals surface area contributed by atoms with Crippen LogP contribution in [0.5, 0.6) is 0 Å². The molecule has 0 atom stereocenters. The lowest BCUT2D eigenvalue weighted by atomic mass is 9.97. The molecule has 7 heteroatoms. The van der Waals surface area contributed by atoms with Crippen LogP contribution in [-0.2, 0) is 16.1 Å². The summed E-state index contributed by atoms with van der Waals surface area (Å²) in [5.74, 6) is -1.39. The van der Waals surface area contributed by atoms with Gasteiger partial charge >= 0.3 is 5.97 Å². The maximum Gasteiger partial charge on any atom is 0.306 e. The molecule has 23 heavy (non-hydrogen) atoms. The first kappa shape index (κ1) is 15.2. The fraction of sp³-hybridized carbons (Fsp3) is 0.375. The highest BCUT2D eigenvalue weighted by Crippen LogP contribution is 2.17. The van der Waals surface area contributed by atoms with Crippen molar-refractivity contribution in [3.05, 3.63) is 40.9 Å². The number of carboxylic acids is 1. The molecule has 1 aliphatic rings. The predicted molar refractivity (Wildman–Crippen MR) is 82.9 cm³/mol. The Labute approximate surface area is 132 Å². The first-order valence-corrected chi connectivity index (χ1v) is 7.51. The molecule has 1 saturated heterocycles. The number of fused-ring (bicyclic) bond motifs is 1. The Kier molecular flexibility index (Phi) is 4.10. The second kappa shape index (κ2) is 6.20. The molecule has 1 fully saturated rings. The van der Waals surface area contributed by atoms with E-state index in [1.807, 2.05) is 0 Å². The maximum absolute atomic E-state index is 12.4. The zero-order valence-electron chi connectivity index (χ0n) is 12.5. The number of aliphatic carboxylic acids is 1. The minimum atomic E-state index is -0.813.